The van der Waals surface area contributed by atoms with E-state index in [0.29, 0.717) is 11.1 Å². The summed E-state index contributed by atoms with van der Waals surface area (Å²) in [5.74, 6) is -3.23. The van der Waals surface area contributed by atoms with Crippen LogP contribution in [0.1, 0.15) is 27.2 Å². The van der Waals surface area contributed by atoms with Gasteiger partial charge in [-0.05, 0) is 20.8 Å². The van der Waals surface area contributed by atoms with E-state index in [1.54, 1.807) is 26.8 Å². The van der Waals surface area contributed by atoms with Gasteiger partial charge in [0.05, 0.1) is 11.8 Å². The van der Waals surface area contributed by atoms with Crippen LogP contribution in [0.3, 0.4) is 0 Å². The lowest BCUT2D eigenvalue weighted by molar-refractivity contribution is -0.179. The van der Waals surface area contributed by atoms with E-state index >= 15 is 0 Å². The van der Waals surface area contributed by atoms with Gasteiger partial charge in [0.25, 0.3) is 0 Å². The van der Waals surface area contributed by atoms with Gasteiger partial charge in [-0.3, -0.25) is 4.79 Å². The van der Waals surface area contributed by atoms with Gasteiger partial charge in [0.1, 0.15) is 29.5 Å². The number of hydrogen-bond acceptors (Lipinski definition) is 7. The maximum atomic E-state index is 12.8. The molecule has 7 atom stereocenters. The summed E-state index contributed by atoms with van der Waals surface area (Å²) >= 11 is 0. The first-order valence-electron chi connectivity index (χ1n) is 8.93. The van der Waals surface area contributed by atoms with Crippen LogP contribution < -0.4 is 0 Å². The maximum Gasteiger partial charge on any atom is 0.334 e. The predicted molar refractivity (Wildman–Crippen MR) is 92.3 cm³/mol. The fourth-order valence-electron chi connectivity index (χ4n) is 4.79. The minimum absolute atomic E-state index is 0.109. The molecule has 0 amide bonds. The van der Waals surface area contributed by atoms with Gasteiger partial charge < -0.3 is 19.3 Å². The molecule has 0 spiro atoms. The highest BCUT2D eigenvalue weighted by Crippen LogP contribution is 2.64. The number of rotatable bonds is 2. The molecule has 0 aromatic carbocycles. The number of fused-ring (bicyclic) bond motifs is 5. The second-order valence-corrected chi connectivity index (χ2v) is 7.92. The van der Waals surface area contributed by atoms with Crippen molar-refractivity contribution < 1.29 is 33.7 Å². The van der Waals surface area contributed by atoms with Gasteiger partial charge in [-0.25, -0.2) is 9.59 Å². The number of carbonyl (C=O) groups excluding carboxylic acids is 3. The van der Waals surface area contributed by atoms with Crippen molar-refractivity contribution in [3.8, 4) is 0 Å². The molecular weight excluding hydrogens is 352 g/mol. The molecule has 0 radical (unpaired) electrons. The number of esters is 2. The molecule has 2 saturated heterocycles. The summed E-state index contributed by atoms with van der Waals surface area (Å²) in [6.07, 6.45) is -0.937. The predicted octanol–water partition coefficient (Wildman–Crippen LogP) is 1.01. The summed E-state index contributed by atoms with van der Waals surface area (Å²) in [4.78, 5) is 37.4. The third-order valence-corrected chi connectivity index (χ3v) is 6.53. The Morgan fingerprint density at radius 1 is 1.37 bits per heavy atom. The summed E-state index contributed by atoms with van der Waals surface area (Å²) in [6, 6.07) is 0. The molecule has 4 aliphatic rings. The zero-order valence-electron chi connectivity index (χ0n) is 15.5. The van der Waals surface area contributed by atoms with Crippen LogP contribution in [0.2, 0.25) is 0 Å². The highest BCUT2D eigenvalue weighted by atomic mass is 16.6. The topological polar surface area (TPSA) is 102 Å². The third kappa shape index (κ3) is 2.07. The van der Waals surface area contributed by atoms with Crippen LogP contribution in [0.4, 0.5) is 0 Å². The second kappa shape index (κ2) is 5.39. The molecule has 144 valence electrons. The van der Waals surface area contributed by atoms with Crippen molar-refractivity contribution in [3.63, 3.8) is 0 Å². The SMILES string of the molecule is C=C1C(=O)OC2C1C(OC(=O)C(C)=CC)CC(=C)C1C(=O)C3OC3(C)C12O. The van der Waals surface area contributed by atoms with E-state index < -0.39 is 53.3 Å². The number of hydrogen-bond donors (Lipinski definition) is 1. The van der Waals surface area contributed by atoms with E-state index in [1.165, 1.54) is 0 Å². The Labute approximate surface area is 156 Å². The average Bonchev–Trinajstić information content (AvgIpc) is 3.20. The van der Waals surface area contributed by atoms with Crippen LogP contribution >= 0.6 is 0 Å². The largest absolute Gasteiger partial charge is 0.458 e. The summed E-state index contributed by atoms with van der Waals surface area (Å²) in [6.45, 7) is 12.7. The van der Waals surface area contributed by atoms with E-state index in [1.807, 2.05) is 0 Å². The summed E-state index contributed by atoms with van der Waals surface area (Å²) in [5.41, 5.74) is -1.98. The Hall–Kier alpha value is -2.25. The van der Waals surface area contributed by atoms with E-state index in [4.69, 9.17) is 14.2 Å². The molecule has 0 bridgehead atoms. The number of allylic oxidation sites excluding steroid dienone is 1. The smallest absolute Gasteiger partial charge is 0.334 e. The number of aliphatic hydroxyl groups is 1. The molecule has 0 aromatic rings. The molecule has 2 saturated carbocycles. The van der Waals surface area contributed by atoms with Crippen molar-refractivity contribution in [1.29, 1.82) is 0 Å². The molecule has 4 rings (SSSR count). The van der Waals surface area contributed by atoms with Gasteiger partial charge in [-0.15, -0.1) is 0 Å². The highest BCUT2D eigenvalue weighted by Gasteiger charge is 2.84. The van der Waals surface area contributed by atoms with E-state index in [0.717, 1.165) is 0 Å². The van der Waals surface area contributed by atoms with Crippen molar-refractivity contribution >= 4 is 17.7 Å². The molecule has 1 N–H and O–H groups in total. The normalized spacial score (nSPS) is 45.6. The van der Waals surface area contributed by atoms with E-state index in [-0.39, 0.29) is 17.8 Å². The molecule has 7 heteroatoms. The average molecular weight is 374 g/mol. The van der Waals surface area contributed by atoms with Gasteiger partial charge in [-0.1, -0.05) is 24.8 Å². The number of epoxide rings is 1. The van der Waals surface area contributed by atoms with E-state index in [2.05, 4.69) is 13.2 Å². The van der Waals surface area contributed by atoms with E-state index in [9.17, 15) is 19.5 Å². The Balaban J connectivity index is 1.80. The third-order valence-electron chi connectivity index (χ3n) is 6.53. The van der Waals surface area contributed by atoms with Crippen LogP contribution in [0.15, 0.2) is 36.0 Å². The number of carbonyl (C=O) groups is 3. The van der Waals surface area contributed by atoms with Crippen molar-refractivity contribution in [1.82, 2.24) is 0 Å². The van der Waals surface area contributed by atoms with Crippen LogP contribution in [-0.4, -0.2) is 52.3 Å². The van der Waals surface area contributed by atoms with Crippen molar-refractivity contribution in [2.45, 2.75) is 56.7 Å². The highest BCUT2D eigenvalue weighted by molar-refractivity contribution is 5.98. The molecule has 0 aromatic heterocycles. The van der Waals surface area contributed by atoms with Crippen molar-refractivity contribution in [3.05, 3.63) is 36.0 Å². The molecule has 7 unspecified atom stereocenters. The summed E-state index contributed by atoms with van der Waals surface area (Å²) in [7, 11) is 0. The fraction of sp³-hybridized carbons (Fsp3) is 0.550. The van der Waals surface area contributed by atoms with Crippen molar-refractivity contribution in [2.75, 3.05) is 0 Å². The maximum absolute atomic E-state index is 12.8. The zero-order chi connectivity index (χ0) is 19.9. The van der Waals surface area contributed by atoms with Gasteiger partial charge >= 0.3 is 11.9 Å². The lowest BCUT2D eigenvalue weighted by atomic mass is 9.73. The molecule has 2 aliphatic heterocycles. The Bertz CT molecular complexity index is 839. The Morgan fingerprint density at radius 2 is 2.04 bits per heavy atom. The first-order valence-corrected chi connectivity index (χ1v) is 8.93. The fourth-order valence-corrected chi connectivity index (χ4v) is 4.79. The second-order valence-electron chi connectivity index (χ2n) is 7.92. The number of ketones is 1. The van der Waals surface area contributed by atoms with Crippen LogP contribution in [0.25, 0.3) is 0 Å². The lowest BCUT2D eigenvalue weighted by Gasteiger charge is -2.39. The van der Waals surface area contributed by atoms with Gasteiger partial charge in [-0.2, -0.15) is 0 Å². The molecule has 7 nitrogen and oxygen atoms in total. The lowest BCUT2D eigenvalue weighted by Crippen LogP contribution is -2.58. The molecule has 27 heavy (non-hydrogen) atoms. The monoisotopic (exact) mass is 374 g/mol. The van der Waals surface area contributed by atoms with Gasteiger partial charge in [0, 0.05) is 17.6 Å². The minimum atomic E-state index is -1.78. The Morgan fingerprint density at radius 3 is 2.67 bits per heavy atom. The molecule has 4 fully saturated rings. The van der Waals surface area contributed by atoms with Crippen LogP contribution in [0.5, 0.6) is 0 Å². The Kier molecular flexibility index (Phi) is 3.62. The molecular formula is C20H22O7. The van der Waals surface area contributed by atoms with Crippen LogP contribution in [-0.2, 0) is 28.6 Å². The standard InChI is InChI=1S/C20H22O7/c1-6-8(2)17(22)25-11-7-9(3)13-14(21)16-19(5,27-16)20(13,24)15-12(11)10(4)18(23)26-15/h6,11-13,15-16,24H,3-4,7H2,1-2,5H3. The summed E-state index contributed by atoms with van der Waals surface area (Å²) in [5, 5.41) is 11.6. The van der Waals surface area contributed by atoms with Crippen molar-refractivity contribution in [2.24, 2.45) is 11.8 Å². The molecule has 2 heterocycles. The molecule has 2 aliphatic carbocycles. The first-order chi connectivity index (χ1) is 12.6. The van der Waals surface area contributed by atoms with Crippen LogP contribution in [0, 0.1) is 11.8 Å². The van der Waals surface area contributed by atoms with Gasteiger partial charge in [0.2, 0.25) is 0 Å². The minimum Gasteiger partial charge on any atom is -0.458 e. The number of ether oxygens (including phenoxy) is 3. The zero-order valence-corrected chi connectivity index (χ0v) is 15.5. The van der Waals surface area contributed by atoms with Gasteiger partial charge in [0.15, 0.2) is 5.78 Å². The summed E-state index contributed by atoms with van der Waals surface area (Å²) < 4.78 is 16.6. The quantitative estimate of drug-likeness (QED) is 0.333. The first kappa shape index (κ1) is 18.1. The number of Topliss-reactive ketones (excluding diaryl/α,β-unsaturated/α-hetero) is 1.